The summed E-state index contributed by atoms with van der Waals surface area (Å²) in [7, 11) is -4.09. The molecule has 0 saturated heterocycles. The molecular weight excluding hydrogens is 417 g/mol. The van der Waals surface area contributed by atoms with Crippen LogP contribution in [0.5, 0.6) is 0 Å². The number of rotatable bonds is 5. The molecule has 1 heterocycles. The highest BCUT2D eigenvalue weighted by atomic mass is 35.5. The standard InChI is InChI=1S/C15H16ClN5O4S.ClH/c16-11-7-19-12(20-14(17)18)10-6-8(2-3-9(10)11)26(24,25)21-15(13(22)23)4-1-5-15;/h2-3,6-7,21H,1,4-5H2,(H,22,23)(H4,17,18,19,20);1H. The second-order valence-electron chi connectivity index (χ2n) is 6.05. The lowest BCUT2D eigenvalue weighted by atomic mass is 9.78. The molecule has 0 aliphatic heterocycles. The number of hydrogen-bond acceptors (Lipinski definition) is 5. The maximum Gasteiger partial charge on any atom is 0.324 e. The lowest BCUT2D eigenvalue weighted by Gasteiger charge is -2.37. The van der Waals surface area contributed by atoms with Gasteiger partial charge in [-0.3, -0.25) is 10.2 Å². The van der Waals surface area contributed by atoms with E-state index < -0.39 is 21.5 Å². The largest absolute Gasteiger partial charge is 0.480 e. The van der Waals surface area contributed by atoms with Crippen molar-refractivity contribution in [1.82, 2.24) is 9.71 Å². The van der Waals surface area contributed by atoms with Crippen LogP contribution in [0, 0.1) is 5.41 Å². The molecule has 1 aromatic carbocycles. The highest BCUT2D eigenvalue weighted by Crippen LogP contribution is 2.35. The van der Waals surface area contributed by atoms with Crippen LogP contribution in [-0.2, 0) is 14.8 Å². The van der Waals surface area contributed by atoms with Gasteiger partial charge in [0.1, 0.15) is 11.4 Å². The number of carboxylic acids is 1. The van der Waals surface area contributed by atoms with E-state index in [1.54, 1.807) is 0 Å². The second-order valence-corrected chi connectivity index (χ2v) is 8.14. The molecule has 146 valence electrons. The normalized spacial score (nSPS) is 15.4. The lowest BCUT2D eigenvalue weighted by molar-refractivity contribution is -0.147. The van der Waals surface area contributed by atoms with Crippen molar-refractivity contribution in [2.24, 2.45) is 5.73 Å². The van der Waals surface area contributed by atoms with Crippen LogP contribution in [0.1, 0.15) is 19.3 Å². The number of carboxylic acid groups (broad SMARTS) is 1. The number of nitrogens with zero attached hydrogens (tertiary/aromatic N) is 1. The Kier molecular flexibility index (Phi) is 5.85. The Morgan fingerprint density at radius 1 is 1.33 bits per heavy atom. The number of pyridine rings is 1. The number of halogens is 2. The molecule has 0 atom stereocenters. The number of fused-ring (bicyclic) bond motifs is 1. The van der Waals surface area contributed by atoms with Gasteiger partial charge in [-0.1, -0.05) is 17.7 Å². The first-order chi connectivity index (χ1) is 12.1. The van der Waals surface area contributed by atoms with E-state index in [1.165, 1.54) is 24.4 Å². The molecule has 6 N–H and O–H groups in total. The number of nitrogens with two attached hydrogens (primary N) is 1. The zero-order valence-corrected chi connectivity index (χ0v) is 16.2. The Morgan fingerprint density at radius 3 is 2.52 bits per heavy atom. The van der Waals surface area contributed by atoms with Gasteiger partial charge < -0.3 is 16.2 Å². The van der Waals surface area contributed by atoms with Gasteiger partial charge in [-0.2, -0.15) is 4.72 Å². The van der Waals surface area contributed by atoms with Crippen molar-refractivity contribution in [3.05, 3.63) is 29.4 Å². The zero-order valence-electron chi connectivity index (χ0n) is 13.8. The van der Waals surface area contributed by atoms with Gasteiger partial charge in [0.25, 0.3) is 0 Å². The fraction of sp³-hybridized carbons (Fsp3) is 0.267. The molecule has 1 aliphatic rings. The van der Waals surface area contributed by atoms with Gasteiger partial charge in [-0.15, -0.1) is 12.4 Å². The van der Waals surface area contributed by atoms with Crippen molar-refractivity contribution in [3.63, 3.8) is 0 Å². The first-order valence-electron chi connectivity index (χ1n) is 7.61. The number of aromatic nitrogens is 1. The Bertz CT molecular complexity index is 1020. The summed E-state index contributed by atoms with van der Waals surface area (Å²) in [5.74, 6) is -1.39. The van der Waals surface area contributed by atoms with Crippen LogP contribution in [0.25, 0.3) is 10.8 Å². The predicted molar refractivity (Wildman–Crippen MR) is 104 cm³/mol. The van der Waals surface area contributed by atoms with E-state index >= 15 is 0 Å². The van der Waals surface area contributed by atoms with E-state index in [1.807, 2.05) is 0 Å². The summed E-state index contributed by atoms with van der Waals surface area (Å²) in [4.78, 5) is 15.3. The third-order valence-electron chi connectivity index (χ3n) is 4.32. The van der Waals surface area contributed by atoms with Crippen molar-refractivity contribution < 1.29 is 18.3 Å². The van der Waals surface area contributed by atoms with Crippen molar-refractivity contribution in [2.45, 2.75) is 29.7 Å². The molecule has 27 heavy (non-hydrogen) atoms. The highest BCUT2D eigenvalue weighted by Gasteiger charge is 2.47. The van der Waals surface area contributed by atoms with Crippen molar-refractivity contribution in [3.8, 4) is 0 Å². The van der Waals surface area contributed by atoms with Gasteiger partial charge in [-0.25, -0.2) is 13.4 Å². The van der Waals surface area contributed by atoms with E-state index in [-0.39, 0.29) is 41.9 Å². The summed E-state index contributed by atoms with van der Waals surface area (Å²) in [6, 6.07) is 4.14. The lowest BCUT2D eigenvalue weighted by Crippen LogP contribution is -2.58. The number of aliphatic carboxylic acids is 1. The number of carbonyl (C=O) groups is 1. The summed E-state index contributed by atoms with van der Waals surface area (Å²) in [5, 5.41) is 20.4. The predicted octanol–water partition coefficient (Wildman–Crippen LogP) is 1.90. The SMILES string of the molecule is Cl.N=C(N)Nc1ncc(Cl)c2ccc(S(=O)(=O)NC3(C(=O)O)CCC3)cc12. The Labute approximate surface area is 166 Å². The third-order valence-corrected chi connectivity index (χ3v) is 6.16. The summed E-state index contributed by atoms with van der Waals surface area (Å²) in [5.41, 5.74) is 3.85. The van der Waals surface area contributed by atoms with E-state index in [2.05, 4.69) is 15.0 Å². The van der Waals surface area contributed by atoms with Crippen LogP contribution < -0.4 is 15.8 Å². The first-order valence-corrected chi connectivity index (χ1v) is 9.47. The van der Waals surface area contributed by atoms with Crippen LogP contribution in [0.15, 0.2) is 29.3 Å². The number of hydrogen-bond donors (Lipinski definition) is 5. The maximum atomic E-state index is 12.7. The molecule has 0 bridgehead atoms. The molecule has 0 spiro atoms. The number of benzene rings is 1. The number of anilines is 1. The van der Waals surface area contributed by atoms with E-state index in [9.17, 15) is 18.3 Å². The van der Waals surface area contributed by atoms with E-state index in [0.717, 1.165) is 0 Å². The summed E-state index contributed by atoms with van der Waals surface area (Å²) in [6.45, 7) is 0. The molecule has 1 aliphatic carbocycles. The fourth-order valence-corrected chi connectivity index (χ4v) is 4.45. The number of guanidine groups is 1. The molecule has 1 aromatic heterocycles. The van der Waals surface area contributed by atoms with Crippen LogP contribution in [-0.4, -0.2) is 36.0 Å². The molecule has 0 radical (unpaired) electrons. The van der Waals surface area contributed by atoms with Gasteiger partial charge in [0.15, 0.2) is 5.96 Å². The summed E-state index contributed by atoms with van der Waals surface area (Å²) < 4.78 is 27.7. The van der Waals surface area contributed by atoms with Gasteiger partial charge in [0.05, 0.1) is 9.92 Å². The minimum atomic E-state index is -4.09. The molecule has 1 saturated carbocycles. The summed E-state index contributed by atoms with van der Waals surface area (Å²) >= 11 is 6.09. The Morgan fingerprint density at radius 2 is 2.00 bits per heavy atom. The smallest absolute Gasteiger partial charge is 0.324 e. The molecule has 9 nitrogen and oxygen atoms in total. The monoisotopic (exact) mass is 433 g/mol. The third kappa shape index (κ3) is 3.93. The summed E-state index contributed by atoms with van der Waals surface area (Å²) in [6.07, 6.45) is 2.47. The van der Waals surface area contributed by atoms with Gasteiger partial charge in [0, 0.05) is 17.0 Å². The van der Waals surface area contributed by atoms with Crippen LogP contribution in [0.4, 0.5) is 5.82 Å². The molecule has 0 unspecified atom stereocenters. The minimum Gasteiger partial charge on any atom is -0.480 e. The van der Waals surface area contributed by atoms with Gasteiger partial charge in [0.2, 0.25) is 10.0 Å². The maximum absolute atomic E-state index is 12.7. The Hall–Kier alpha value is -2.14. The van der Waals surface area contributed by atoms with Crippen LogP contribution in [0.2, 0.25) is 5.02 Å². The minimum absolute atomic E-state index is 0. The van der Waals surface area contributed by atoms with E-state index in [0.29, 0.717) is 22.2 Å². The number of nitrogens with one attached hydrogen (secondary N) is 3. The highest BCUT2D eigenvalue weighted by molar-refractivity contribution is 7.89. The fourth-order valence-electron chi connectivity index (χ4n) is 2.79. The second kappa shape index (κ2) is 7.47. The molecule has 2 aromatic rings. The zero-order chi connectivity index (χ0) is 19.1. The van der Waals surface area contributed by atoms with Crippen molar-refractivity contribution in [2.75, 3.05) is 5.32 Å². The first kappa shape index (κ1) is 21.2. The Balaban J connectivity index is 0.00000261. The van der Waals surface area contributed by atoms with Gasteiger partial charge >= 0.3 is 5.97 Å². The number of sulfonamides is 1. The van der Waals surface area contributed by atoms with Crippen LogP contribution in [0.3, 0.4) is 0 Å². The molecule has 0 amide bonds. The van der Waals surface area contributed by atoms with Crippen molar-refractivity contribution in [1.29, 1.82) is 5.41 Å². The molecule has 1 fully saturated rings. The van der Waals surface area contributed by atoms with Gasteiger partial charge in [-0.05, 0) is 31.4 Å². The van der Waals surface area contributed by atoms with Crippen LogP contribution >= 0.6 is 24.0 Å². The molecular formula is C15H17Cl2N5O4S. The average Bonchev–Trinajstić information content (AvgIpc) is 2.52. The van der Waals surface area contributed by atoms with Crippen molar-refractivity contribution >= 4 is 62.6 Å². The van der Waals surface area contributed by atoms with E-state index in [4.69, 9.17) is 22.7 Å². The topological polar surface area (TPSA) is 158 Å². The quantitative estimate of drug-likeness (QED) is 0.355. The molecule has 3 rings (SSSR count). The average molecular weight is 434 g/mol. The molecule has 12 heteroatoms.